The Kier molecular flexibility index (Phi) is 7.01. The number of nitrogens with one attached hydrogen (secondary N) is 3. The number of hydrogen-bond donors (Lipinski definition) is 4. The fraction of sp³-hybridized carbons (Fsp3) is 0.150. The maximum Gasteiger partial charge on any atom is 0.250 e. The molecule has 0 atom stereocenters. The number of hydrogen-bond acceptors (Lipinski definition) is 9. The molecule has 0 unspecified atom stereocenters. The van der Waals surface area contributed by atoms with Gasteiger partial charge in [-0.2, -0.15) is 0 Å². The number of aromatic nitrogens is 3. The maximum atomic E-state index is 13.9. The van der Waals surface area contributed by atoms with Gasteiger partial charge in [-0.25, -0.2) is 14.4 Å². The summed E-state index contributed by atoms with van der Waals surface area (Å²) in [6, 6.07) is 7.94. The topological polar surface area (TPSA) is 152 Å². The van der Waals surface area contributed by atoms with Gasteiger partial charge in [0, 0.05) is 25.3 Å². The van der Waals surface area contributed by atoms with Crippen molar-refractivity contribution in [2.24, 2.45) is 0 Å². The number of carbonyl (C=O) groups is 1. The van der Waals surface area contributed by atoms with Gasteiger partial charge >= 0.3 is 0 Å². The lowest BCUT2D eigenvalue weighted by atomic mass is 10.2. The van der Waals surface area contributed by atoms with Crippen molar-refractivity contribution in [2.75, 3.05) is 24.8 Å². The highest BCUT2D eigenvalue weighted by Gasteiger charge is 2.13. The van der Waals surface area contributed by atoms with Crippen molar-refractivity contribution in [1.29, 1.82) is 5.41 Å². The fourth-order valence-corrected chi connectivity index (χ4v) is 2.55. The molecule has 2 heterocycles. The van der Waals surface area contributed by atoms with Crippen LogP contribution in [-0.2, 0) is 16.1 Å². The molecule has 0 fully saturated rings. The van der Waals surface area contributed by atoms with Gasteiger partial charge in [0.25, 0.3) is 0 Å². The number of amides is 1. The first-order valence-corrected chi connectivity index (χ1v) is 9.08. The maximum absolute atomic E-state index is 13.9. The molecule has 1 aromatic carbocycles. The van der Waals surface area contributed by atoms with Gasteiger partial charge in [-0.3, -0.25) is 10.2 Å². The summed E-state index contributed by atoms with van der Waals surface area (Å²) >= 11 is 0. The molecule has 2 aromatic heterocycles. The molecule has 5 N–H and O–H groups in total. The van der Waals surface area contributed by atoms with E-state index in [1.54, 1.807) is 24.3 Å². The van der Waals surface area contributed by atoms with Crippen LogP contribution in [0.4, 0.5) is 15.9 Å². The largest absolute Gasteiger partial charge is 0.382 e. The van der Waals surface area contributed by atoms with Crippen molar-refractivity contribution in [3.63, 3.8) is 0 Å². The van der Waals surface area contributed by atoms with Crippen molar-refractivity contribution in [3.05, 3.63) is 71.8 Å². The summed E-state index contributed by atoms with van der Waals surface area (Å²) < 4.78 is 23.5. The molecule has 0 radical (unpaired) electrons. The third kappa shape index (κ3) is 5.70. The smallest absolute Gasteiger partial charge is 0.250 e. The van der Waals surface area contributed by atoms with Gasteiger partial charge < -0.3 is 25.6 Å². The number of benzene rings is 1. The molecule has 0 saturated carbocycles. The molecule has 1 amide bonds. The van der Waals surface area contributed by atoms with Crippen molar-refractivity contribution in [1.82, 2.24) is 20.4 Å². The number of halogens is 1. The first-order chi connectivity index (χ1) is 15.0. The lowest BCUT2D eigenvalue weighted by Gasteiger charge is -2.11. The van der Waals surface area contributed by atoms with Crippen molar-refractivity contribution >= 4 is 28.8 Å². The summed E-state index contributed by atoms with van der Waals surface area (Å²) in [5.41, 5.74) is 7.26. The van der Waals surface area contributed by atoms with Crippen LogP contribution in [0.15, 0.2) is 53.4 Å². The van der Waals surface area contributed by atoms with Gasteiger partial charge in [-0.1, -0.05) is 23.4 Å². The van der Waals surface area contributed by atoms with Crippen molar-refractivity contribution < 1.29 is 18.4 Å². The predicted molar refractivity (Wildman–Crippen MR) is 111 cm³/mol. The van der Waals surface area contributed by atoms with E-state index in [0.717, 1.165) is 0 Å². The predicted octanol–water partition coefficient (Wildman–Crippen LogP) is 1.97. The third-order valence-corrected chi connectivity index (χ3v) is 4.04. The summed E-state index contributed by atoms with van der Waals surface area (Å²) in [6.45, 7) is 0.0145. The lowest BCUT2D eigenvalue weighted by Crippen LogP contribution is -2.19. The number of allylic oxidation sites excluding steroid dienone is 1. The molecule has 0 aliphatic carbocycles. The van der Waals surface area contributed by atoms with Crippen LogP contribution in [0.1, 0.15) is 17.1 Å². The molecule has 0 spiro atoms. The quantitative estimate of drug-likeness (QED) is 0.380. The van der Waals surface area contributed by atoms with E-state index in [9.17, 15) is 9.18 Å². The van der Waals surface area contributed by atoms with E-state index < -0.39 is 5.91 Å². The number of nitrogen functional groups attached to an aromatic ring is 1. The monoisotopic (exact) mass is 425 g/mol. The second kappa shape index (κ2) is 10.1. The van der Waals surface area contributed by atoms with E-state index in [-0.39, 0.29) is 42.0 Å². The average molecular weight is 425 g/mol. The van der Waals surface area contributed by atoms with E-state index in [1.165, 1.54) is 31.7 Å². The molecular formula is C20H20FN7O3. The highest BCUT2D eigenvalue weighted by atomic mass is 19.1. The molecular weight excluding hydrogens is 405 g/mol. The second-order valence-electron chi connectivity index (χ2n) is 6.28. The summed E-state index contributed by atoms with van der Waals surface area (Å²) in [5, 5.41) is 17.7. The number of carbonyl (C=O) groups excluding carboxylic acids is 1. The van der Waals surface area contributed by atoms with Crippen LogP contribution >= 0.6 is 0 Å². The standard InChI is InChI=1S/C20H20FN7O3/c1-30-11-18(29)26-17-10-25-20(27-19(17)23)14(22)8-16(15-6-7-31-28-15)24-9-12-4-2-3-5-13(12)21/h2-8,10,22,24H,9,11H2,1H3,(H,26,29)(H2,23,25,27)/b16-8-,22-14?. The van der Waals surface area contributed by atoms with Crippen LogP contribution in [0.25, 0.3) is 5.70 Å². The Hall–Kier alpha value is -4.12. The molecule has 3 aromatic rings. The fourth-order valence-electron chi connectivity index (χ4n) is 2.55. The normalized spacial score (nSPS) is 11.2. The zero-order chi connectivity index (χ0) is 22.2. The first-order valence-electron chi connectivity index (χ1n) is 9.08. The van der Waals surface area contributed by atoms with E-state index in [1.807, 2.05) is 0 Å². The number of nitrogens with two attached hydrogens (primary N) is 1. The molecule has 31 heavy (non-hydrogen) atoms. The molecule has 0 aliphatic rings. The van der Waals surface area contributed by atoms with E-state index >= 15 is 0 Å². The van der Waals surface area contributed by atoms with E-state index in [4.69, 9.17) is 20.4 Å². The number of nitrogens with zero attached hydrogens (tertiary/aromatic N) is 3. The molecule has 0 aliphatic heterocycles. The summed E-state index contributed by atoms with van der Waals surface area (Å²) in [6.07, 6.45) is 4.11. The van der Waals surface area contributed by atoms with Gasteiger partial charge in [0.05, 0.1) is 11.9 Å². The van der Waals surface area contributed by atoms with Gasteiger partial charge in [-0.15, -0.1) is 0 Å². The molecule has 0 bridgehead atoms. The Morgan fingerprint density at radius 2 is 2.16 bits per heavy atom. The minimum Gasteiger partial charge on any atom is -0.382 e. The minimum absolute atomic E-state index is 0.00472. The van der Waals surface area contributed by atoms with Crippen molar-refractivity contribution in [2.45, 2.75) is 6.54 Å². The van der Waals surface area contributed by atoms with Crippen molar-refractivity contribution in [3.8, 4) is 0 Å². The summed E-state index contributed by atoms with van der Waals surface area (Å²) in [7, 11) is 1.39. The Morgan fingerprint density at radius 1 is 1.35 bits per heavy atom. The van der Waals surface area contributed by atoms with E-state index in [2.05, 4.69) is 25.8 Å². The highest BCUT2D eigenvalue weighted by molar-refractivity contribution is 6.08. The van der Waals surface area contributed by atoms with Crippen LogP contribution in [0.3, 0.4) is 0 Å². The molecule has 3 rings (SSSR count). The SMILES string of the molecule is COCC(=O)Nc1cnc(C(=N)/C=C(\NCc2ccccc2F)c2ccon2)nc1N. The molecule has 160 valence electrons. The second-order valence-corrected chi connectivity index (χ2v) is 6.28. The first kappa shape index (κ1) is 21.6. The Balaban J connectivity index is 1.80. The zero-order valence-corrected chi connectivity index (χ0v) is 16.6. The zero-order valence-electron chi connectivity index (χ0n) is 16.6. The molecule has 10 nitrogen and oxygen atoms in total. The van der Waals surface area contributed by atoms with Crippen LogP contribution < -0.4 is 16.4 Å². The Labute approximate surface area is 176 Å². The molecule has 11 heteroatoms. The van der Waals surface area contributed by atoms with Gasteiger partial charge in [-0.05, 0) is 12.1 Å². The highest BCUT2D eigenvalue weighted by Crippen LogP contribution is 2.16. The van der Waals surface area contributed by atoms with Crippen LogP contribution in [-0.4, -0.2) is 40.5 Å². The average Bonchev–Trinajstić information content (AvgIpc) is 3.28. The summed E-state index contributed by atoms with van der Waals surface area (Å²) in [4.78, 5) is 19.8. The van der Waals surface area contributed by atoms with E-state index in [0.29, 0.717) is 17.0 Å². The number of ether oxygens (including phenoxy) is 1. The number of methoxy groups -OCH3 is 1. The van der Waals surface area contributed by atoms with Crippen LogP contribution in [0.2, 0.25) is 0 Å². The minimum atomic E-state index is -0.411. The van der Waals surface area contributed by atoms with Gasteiger partial charge in [0.1, 0.15) is 35.8 Å². The van der Waals surface area contributed by atoms with Crippen LogP contribution in [0, 0.1) is 11.2 Å². The van der Waals surface area contributed by atoms with Gasteiger partial charge in [0.15, 0.2) is 11.6 Å². The Morgan fingerprint density at radius 3 is 2.84 bits per heavy atom. The van der Waals surface area contributed by atoms with Crippen LogP contribution in [0.5, 0.6) is 0 Å². The lowest BCUT2D eigenvalue weighted by molar-refractivity contribution is -0.119. The third-order valence-electron chi connectivity index (χ3n) is 4.04. The van der Waals surface area contributed by atoms with Gasteiger partial charge in [0.2, 0.25) is 5.91 Å². The number of rotatable bonds is 9. The number of anilines is 2. The Bertz CT molecular complexity index is 1100. The summed E-state index contributed by atoms with van der Waals surface area (Å²) in [5.74, 6) is -0.746. The molecule has 0 saturated heterocycles.